The van der Waals surface area contributed by atoms with Gasteiger partial charge in [0.15, 0.2) is 0 Å². The highest BCUT2D eigenvalue weighted by Crippen LogP contribution is 2.28. The van der Waals surface area contributed by atoms with E-state index in [1.807, 2.05) is 0 Å². The topological polar surface area (TPSA) is 100 Å². The first-order valence-electron chi connectivity index (χ1n) is 8.36. The van der Waals surface area contributed by atoms with Gasteiger partial charge in [-0.3, -0.25) is 9.59 Å². The number of halogens is 2. The number of rotatable bonds is 5. The number of pyridine rings is 1. The van der Waals surface area contributed by atoms with Crippen molar-refractivity contribution in [2.24, 2.45) is 0 Å². The molecule has 10 heteroatoms. The van der Waals surface area contributed by atoms with E-state index in [0.29, 0.717) is 22.9 Å². The lowest BCUT2D eigenvalue weighted by molar-refractivity contribution is 0.0827. The molecule has 3 rings (SSSR count). The van der Waals surface area contributed by atoms with Crippen LogP contribution in [0.1, 0.15) is 20.7 Å². The summed E-state index contributed by atoms with van der Waals surface area (Å²) in [4.78, 5) is 38.3. The fourth-order valence-corrected chi connectivity index (χ4v) is 3.10. The molecule has 29 heavy (non-hydrogen) atoms. The third kappa shape index (κ3) is 4.98. The summed E-state index contributed by atoms with van der Waals surface area (Å²) in [5, 5.41) is 5.88. The van der Waals surface area contributed by atoms with Crippen LogP contribution in [0, 0.1) is 0 Å². The number of anilines is 3. The van der Waals surface area contributed by atoms with Crippen molar-refractivity contribution in [2.45, 2.75) is 0 Å². The standard InChI is InChI=1S/C19H16Cl2N6O2/c1-27(2)19(29)11-7-13(20)17(14(21)8-11)18(28)25-12-3-6-23-16(9-12)26-15-4-5-22-10-24-15/h3-10H,1-2H3,(H2,22,23,24,25,26,28). The molecule has 3 aromatic rings. The van der Waals surface area contributed by atoms with Crippen LogP contribution in [0.5, 0.6) is 0 Å². The van der Waals surface area contributed by atoms with E-state index >= 15 is 0 Å². The van der Waals surface area contributed by atoms with E-state index in [0.717, 1.165) is 0 Å². The maximum absolute atomic E-state index is 12.7. The number of nitrogens with one attached hydrogen (secondary N) is 2. The van der Waals surface area contributed by atoms with E-state index in [-0.39, 0.29) is 21.5 Å². The van der Waals surface area contributed by atoms with Crippen LogP contribution in [0.4, 0.5) is 17.3 Å². The number of aromatic nitrogens is 3. The Morgan fingerprint density at radius 2 is 1.69 bits per heavy atom. The molecule has 8 nitrogen and oxygen atoms in total. The van der Waals surface area contributed by atoms with Gasteiger partial charge in [0.05, 0.1) is 15.6 Å². The van der Waals surface area contributed by atoms with E-state index in [1.165, 1.54) is 29.6 Å². The van der Waals surface area contributed by atoms with Crippen molar-refractivity contribution in [3.63, 3.8) is 0 Å². The summed E-state index contributed by atoms with van der Waals surface area (Å²) in [7, 11) is 3.22. The third-order valence-corrected chi connectivity index (χ3v) is 4.37. The van der Waals surface area contributed by atoms with Crippen LogP contribution in [-0.2, 0) is 0 Å². The molecule has 0 radical (unpaired) electrons. The van der Waals surface area contributed by atoms with E-state index in [4.69, 9.17) is 23.2 Å². The van der Waals surface area contributed by atoms with Gasteiger partial charge in [-0.1, -0.05) is 23.2 Å². The lowest BCUT2D eigenvalue weighted by Crippen LogP contribution is -2.22. The van der Waals surface area contributed by atoms with Gasteiger partial charge in [0.1, 0.15) is 18.0 Å². The van der Waals surface area contributed by atoms with Gasteiger partial charge in [-0.25, -0.2) is 15.0 Å². The molecular formula is C19H16Cl2N6O2. The van der Waals surface area contributed by atoms with Gasteiger partial charge in [-0.15, -0.1) is 0 Å². The van der Waals surface area contributed by atoms with Gasteiger partial charge in [0, 0.05) is 43.8 Å². The van der Waals surface area contributed by atoms with E-state index in [9.17, 15) is 9.59 Å². The molecule has 2 N–H and O–H groups in total. The second-order valence-corrected chi connectivity index (χ2v) is 6.93. The highest BCUT2D eigenvalue weighted by Gasteiger charge is 2.19. The molecule has 148 valence electrons. The quantitative estimate of drug-likeness (QED) is 0.636. The lowest BCUT2D eigenvalue weighted by Gasteiger charge is -2.14. The minimum Gasteiger partial charge on any atom is -0.345 e. The normalized spacial score (nSPS) is 10.3. The fraction of sp³-hybridized carbons (Fsp3) is 0.105. The van der Waals surface area contributed by atoms with E-state index < -0.39 is 5.91 Å². The minimum atomic E-state index is -0.511. The molecule has 0 aliphatic carbocycles. The van der Waals surface area contributed by atoms with Crippen molar-refractivity contribution in [3.8, 4) is 0 Å². The van der Waals surface area contributed by atoms with Crippen molar-refractivity contribution < 1.29 is 9.59 Å². The van der Waals surface area contributed by atoms with Crippen LogP contribution >= 0.6 is 23.2 Å². The molecule has 0 aliphatic rings. The Morgan fingerprint density at radius 1 is 0.966 bits per heavy atom. The molecule has 0 atom stereocenters. The van der Waals surface area contributed by atoms with Gasteiger partial charge >= 0.3 is 0 Å². The summed E-state index contributed by atoms with van der Waals surface area (Å²) in [6.45, 7) is 0. The number of benzene rings is 1. The van der Waals surface area contributed by atoms with Crippen molar-refractivity contribution in [3.05, 3.63) is 70.2 Å². The number of carbonyl (C=O) groups is 2. The predicted octanol–water partition coefficient (Wildman–Crippen LogP) is 3.88. The first-order valence-corrected chi connectivity index (χ1v) is 9.12. The largest absolute Gasteiger partial charge is 0.345 e. The summed E-state index contributed by atoms with van der Waals surface area (Å²) in [5.41, 5.74) is 0.842. The molecule has 0 saturated carbocycles. The van der Waals surface area contributed by atoms with Gasteiger partial charge in [0.2, 0.25) is 0 Å². The van der Waals surface area contributed by atoms with E-state index in [2.05, 4.69) is 25.6 Å². The third-order valence-electron chi connectivity index (χ3n) is 3.78. The maximum Gasteiger partial charge on any atom is 0.258 e. The molecule has 0 aliphatic heterocycles. The molecule has 2 aromatic heterocycles. The van der Waals surface area contributed by atoms with Crippen LogP contribution in [0.25, 0.3) is 0 Å². The highest BCUT2D eigenvalue weighted by molar-refractivity contribution is 6.41. The van der Waals surface area contributed by atoms with Crippen LogP contribution < -0.4 is 10.6 Å². The Kier molecular flexibility index (Phi) is 6.26. The summed E-state index contributed by atoms with van der Waals surface area (Å²) in [6, 6.07) is 7.77. The Balaban J connectivity index is 1.80. The Hall–Kier alpha value is -3.23. The summed E-state index contributed by atoms with van der Waals surface area (Å²) in [6.07, 6.45) is 4.53. The second-order valence-electron chi connectivity index (χ2n) is 6.12. The van der Waals surface area contributed by atoms with Gasteiger partial charge in [-0.2, -0.15) is 0 Å². The van der Waals surface area contributed by atoms with Gasteiger partial charge < -0.3 is 15.5 Å². The molecule has 0 unspecified atom stereocenters. The molecule has 0 bridgehead atoms. The van der Waals surface area contributed by atoms with Crippen molar-refractivity contribution in [1.29, 1.82) is 0 Å². The predicted molar refractivity (Wildman–Crippen MR) is 112 cm³/mol. The maximum atomic E-state index is 12.7. The second kappa shape index (κ2) is 8.85. The average Bonchev–Trinajstić information content (AvgIpc) is 2.67. The number of hydrogen-bond acceptors (Lipinski definition) is 6. The van der Waals surface area contributed by atoms with Gasteiger partial charge in [0.25, 0.3) is 11.8 Å². The first-order chi connectivity index (χ1) is 13.8. The lowest BCUT2D eigenvalue weighted by atomic mass is 10.1. The van der Waals surface area contributed by atoms with Gasteiger partial charge in [-0.05, 0) is 24.3 Å². The average molecular weight is 431 g/mol. The highest BCUT2D eigenvalue weighted by atomic mass is 35.5. The summed E-state index contributed by atoms with van der Waals surface area (Å²) >= 11 is 12.5. The zero-order chi connectivity index (χ0) is 21.0. The van der Waals surface area contributed by atoms with Crippen molar-refractivity contribution >= 4 is 52.3 Å². The Morgan fingerprint density at radius 3 is 2.31 bits per heavy atom. The molecule has 2 amide bonds. The molecule has 2 heterocycles. The number of nitrogens with zero attached hydrogens (tertiary/aromatic N) is 4. The van der Waals surface area contributed by atoms with Crippen LogP contribution in [0.15, 0.2) is 49.1 Å². The van der Waals surface area contributed by atoms with Crippen LogP contribution in [0.2, 0.25) is 10.0 Å². The molecule has 1 aromatic carbocycles. The molecule has 0 saturated heterocycles. The molecule has 0 fully saturated rings. The summed E-state index contributed by atoms with van der Waals surface area (Å²) in [5.74, 6) is 0.257. The van der Waals surface area contributed by atoms with Crippen LogP contribution in [-0.4, -0.2) is 45.8 Å². The number of carbonyl (C=O) groups excluding carboxylic acids is 2. The SMILES string of the molecule is CN(C)C(=O)c1cc(Cl)c(C(=O)Nc2ccnc(Nc3ccncn3)c2)c(Cl)c1. The fourth-order valence-electron chi connectivity index (χ4n) is 2.44. The zero-order valence-corrected chi connectivity index (χ0v) is 17.0. The van der Waals surface area contributed by atoms with Crippen LogP contribution in [0.3, 0.4) is 0 Å². The smallest absolute Gasteiger partial charge is 0.258 e. The first kappa shape index (κ1) is 20.5. The number of amides is 2. The minimum absolute atomic E-state index is 0.0748. The Bertz CT molecular complexity index is 1040. The van der Waals surface area contributed by atoms with Crippen molar-refractivity contribution in [1.82, 2.24) is 19.9 Å². The molecular weight excluding hydrogens is 415 g/mol. The van der Waals surface area contributed by atoms with Crippen molar-refractivity contribution in [2.75, 3.05) is 24.7 Å². The number of hydrogen-bond donors (Lipinski definition) is 2. The summed E-state index contributed by atoms with van der Waals surface area (Å²) < 4.78 is 0. The van der Waals surface area contributed by atoms with E-state index in [1.54, 1.807) is 38.5 Å². The Labute approximate surface area is 176 Å². The zero-order valence-electron chi connectivity index (χ0n) is 15.5. The molecule has 0 spiro atoms. The monoisotopic (exact) mass is 430 g/mol.